The molecule has 1 aliphatic rings. The maximum absolute atomic E-state index is 4.27. The summed E-state index contributed by atoms with van der Waals surface area (Å²) in [7, 11) is 2.20. The summed E-state index contributed by atoms with van der Waals surface area (Å²) in [5.41, 5.74) is 1.31. The molecule has 1 aliphatic carbocycles. The quantitative estimate of drug-likeness (QED) is 0.764. The first-order valence-corrected chi connectivity index (χ1v) is 7.13. The molecule has 1 atom stereocenters. The third kappa shape index (κ3) is 3.82. The molecule has 0 saturated heterocycles. The Morgan fingerprint density at radius 3 is 3.00 bits per heavy atom. The molecule has 0 aromatic carbocycles. The van der Waals surface area contributed by atoms with Gasteiger partial charge in [0.25, 0.3) is 0 Å². The fourth-order valence-corrected chi connectivity index (χ4v) is 2.03. The number of nitrogens with zero attached hydrogens (tertiary/aromatic N) is 3. The van der Waals surface area contributed by atoms with E-state index in [9.17, 15) is 0 Å². The molecule has 4 heteroatoms. The molecule has 0 aliphatic heterocycles. The molecule has 1 saturated carbocycles. The number of likely N-dealkylation sites (N-methyl/N-ethyl adjacent to an activating group) is 1. The van der Waals surface area contributed by atoms with Crippen LogP contribution in [0.15, 0.2) is 12.5 Å². The number of aromatic nitrogens is 2. The Hall–Kier alpha value is -0.870. The Morgan fingerprint density at radius 1 is 1.56 bits per heavy atom. The number of hydrogen-bond acceptors (Lipinski definition) is 3. The minimum Gasteiger partial charge on any atom is -0.332 e. The standard InChI is InChI=1S/C14H26N4/c1-4-12(2)17(3)7-8-18-11-15-9-14(18)10-16-13-5-6-13/h9,11-13,16H,4-8,10H2,1-3H3. The molecule has 0 radical (unpaired) electrons. The maximum atomic E-state index is 4.27. The van der Waals surface area contributed by atoms with Crippen molar-refractivity contribution in [3.63, 3.8) is 0 Å². The molecule has 1 aromatic rings. The highest BCUT2D eigenvalue weighted by atomic mass is 15.2. The zero-order valence-corrected chi connectivity index (χ0v) is 11.9. The van der Waals surface area contributed by atoms with Gasteiger partial charge in [-0.05, 0) is 33.2 Å². The largest absolute Gasteiger partial charge is 0.332 e. The lowest BCUT2D eigenvalue weighted by Gasteiger charge is -2.23. The molecular weight excluding hydrogens is 224 g/mol. The van der Waals surface area contributed by atoms with Gasteiger partial charge in [-0.1, -0.05) is 6.92 Å². The van der Waals surface area contributed by atoms with Crippen molar-refractivity contribution in [3.8, 4) is 0 Å². The highest BCUT2D eigenvalue weighted by Gasteiger charge is 2.20. The Balaban J connectivity index is 1.79. The number of rotatable bonds is 8. The first-order valence-electron chi connectivity index (χ1n) is 7.13. The molecule has 0 bridgehead atoms. The van der Waals surface area contributed by atoms with Gasteiger partial charge in [-0.3, -0.25) is 0 Å². The minimum absolute atomic E-state index is 0.654. The summed E-state index contributed by atoms with van der Waals surface area (Å²) < 4.78 is 2.27. The second-order valence-electron chi connectivity index (χ2n) is 5.47. The van der Waals surface area contributed by atoms with Crippen LogP contribution >= 0.6 is 0 Å². The molecule has 102 valence electrons. The van der Waals surface area contributed by atoms with Crippen LogP contribution in [0.5, 0.6) is 0 Å². The van der Waals surface area contributed by atoms with Gasteiger partial charge < -0.3 is 14.8 Å². The van der Waals surface area contributed by atoms with Crippen molar-refractivity contribution >= 4 is 0 Å². The van der Waals surface area contributed by atoms with Crippen LogP contribution in [0.4, 0.5) is 0 Å². The van der Waals surface area contributed by atoms with E-state index < -0.39 is 0 Å². The van der Waals surface area contributed by atoms with E-state index in [1.54, 1.807) is 0 Å². The van der Waals surface area contributed by atoms with E-state index in [1.807, 2.05) is 12.5 Å². The second kappa shape index (κ2) is 6.34. The van der Waals surface area contributed by atoms with Crippen molar-refractivity contribution in [3.05, 3.63) is 18.2 Å². The predicted octanol–water partition coefficient (Wildman–Crippen LogP) is 1.87. The molecule has 1 unspecified atom stereocenters. The van der Waals surface area contributed by atoms with E-state index in [1.165, 1.54) is 25.0 Å². The van der Waals surface area contributed by atoms with Crippen LogP contribution in [0.1, 0.15) is 38.8 Å². The predicted molar refractivity (Wildman–Crippen MR) is 74.5 cm³/mol. The first kappa shape index (κ1) is 13.6. The van der Waals surface area contributed by atoms with Gasteiger partial charge in [-0.15, -0.1) is 0 Å². The highest BCUT2D eigenvalue weighted by Crippen LogP contribution is 2.19. The van der Waals surface area contributed by atoms with Crippen LogP contribution < -0.4 is 5.32 Å². The van der Waals surface area contributed by atoms with Gasteiger partial charge in [0, 0.05) is 37.9 Å². The average Bonchev–Trinajstić information content (AvgIpc) is 3.11. The van der Waals surface area contributed by atoms with Crippen LogP contribution in [-0.2, 0) is 13.1 Å². The van der Waals surface area contributed by atoms with Crippen LogP contribution in [-0.4, -0.2) is 40.1 Å². The Morgan fingerprint density at radius 2 is 2.33 bits per heavy atom. The maximum Gasteiger partial charge on any atom is 0.0949 e. The van der Waals surface area contributed by atoms with Gasteiger partial charge >= 0.3 is 0 Å². The summed E-state index contributed by atoms with van der Waals surface area (Å²) in [5.74, 6) is 0. The molecule has 0 spiro atoms. The molecule has 2 rings (SSSR count). The summed E-state index contributed by atoms with van der Waals surface area (Å²) in [6, 6.07) is 1.41. The topological polar surface area (TPSA) is 33.1 Å². The lowest BCUT2D eigenvalue weighted by Crippen LogP contribution is -2.32. The Bertz CT molecular complexity index is 356. The van der Waals surface area contributed by atoms with Crippen LogP contribution in [0.25, 0.3) is 0 Å². The van der Waals surface area contributed by atoms with E-state index in [4.69, 9.17) is 0 Å². The second-order valence-corrected chi connectivity index (χ2v) is 5.47. The SMILES string of the molecule is CCC(C)N(C)CCn1cncc1CNC1CC1. The van der Waals surface area contributed by atoms with Gasteiger partial charge in [0.2, 0.25) is 0 Å². The zero-order chi connectivity index (χ0) is 13.0. The van der Waals surface area contributed by atoms with E-state index in [2.05, 4.69) is 40.7 Å². The van der Waals surface area contributed by atoms with Crippen LogP contribution in [0, 0.1) is 0 Å². The summed E-state index contributed by atoms with van der Waals surface area (Å²) in [6.45, 7) is 7.59. The summed E-state index contributed by atoms with van der Waals surface area (Å²) in [4.78, 5) is 6.68. The zero-order valence-electron chi connectivity index (χ0n) is 11.9. The van der Waals surface area contributed by atoms with Crippen molar-refractivity contribution < 1.29 is 0 Å². The van der Waals surface area contributed by atoms with E-state index >= 15 is 0 Å². The average molecular weight is 250 g/mol. The van der Waals surface area contributed by atoms with Crippen LogP contribution in [0.3, 0.4) is 0 Å². The lowest BCUT2D eigenvalue weighted by molar-refractivity contribution is 0.241. The van der Waals surface area contributed by atoms with E-state index in [0.717, 1.165) is 25.7 Å². The molecule has 1 heterocycles. The Kier molecular flexibility index (Phi) is 4.78. The monoisotopic (exact) mass is 250 g/mol. The van der Waals surface area contributed by atoms with Gasteiger partial charge in [-0.25, -0.2) is 4.98 Å². The van der Waals surface area contributed by atoms with Gasteiger partial charge in [-0.2, -0.15) is 0 Å². The van der Waals surface area contributed by atoms with Crippen molar-refractivity contribution in [2.75, 3.05) is 13.6 Å². The minimum atomic E-state index is 0.654. The summed E-state index contributed by atoms with van der Waals surface area (Å²) in [5, 5.41) is 3.55. The first-order chi connectivity index (χ1) is 8.70. The normalized spacial score (nSPS) is 17.3. The van der Waals surface area contributed by atoms with Crippen molar-refractivity contribution in [2.24, 2.45) is 0 Å². The van der Waals surface area contributed by atoms with Gasteiger partial charge in [0.05, 0.1) is 12.0 Å². The van der Waals surface area contributed by atoms with Gasteiger partial charge in [0.15, 0.2) is 0 Å². The molecule has 4 nitrogen and oxygen atoms in total. The molecule has 0 amide bonds. The fourth-order valence-electron chi connectivity index (χ4n) is 2.03. The van der Waals surface area contributed by atoms with E-state index in [0.29, 0.717) is 6.04 Å². The molecule has 1 aromatic heterocycles. The van der Waals surface area contributed by atoms with E-state index in [-0.39, 0.29) is 0 Å². The molecular formula is C14H26N4. The van der Waals surface area contributed by atoms with Gasteiger partial charge in [0.1, 0.15) is 0 Å². The third-order valence-electron chi connectivity index (χ3n) is 3.98. The number of imidazole rings is 1. The Labute approximate surface area is 110 Å². The van der Waals surface area contributed by atoms with Crippen molar-refractivity contribution in [1.29, 1.82) is 0 Å². The molecule has 1 N–H and O–H groups in total. The number of hydrogen-bond donors (Lipinski definition) is 1. The fraction of sp³-hybridized carbons (Fsp3) is 0.786. The smallest absolute Gasteiger partial charge is 0.0949 e. The highest BCUT2D eigenvalue weighted by molar-refractivity contribution is 4.99. The molecule has 18 heavy (non-hydrogen) atoms. The summed E-state index contributed by atoms with van der Waals surface area (Å²) >= 11 is 0. The summed E-state index contributed by atoms with van der Waals surface area (Å²) in [6.07, 6.45) is 7.82. The number of nitrogens with one attached hydrogen (secondary N) is 1. The van der Waals surface area contributed by atoms with Crippen molar-refractivity contribution in [2.45, 2.75) is 58.3 Å². The lowest BCUT2D eigenvalue weighted by atomic mass is 10.2. The third-order valence-corrected chi connectivity index (χ3v) is 3.98. The molecule has 1 fully saturated rings. The van der Waals surface area contributed by atoms with Crippen molar-refractivity contribution in [1.82, 2.24) is 19.8 Å². The van der Waals surface area contributed by atoms with Crippen LogP contribution in [0.2, 0.25) is 0 Å².